The van der Waals surface area contributed by atoms with Crippen LogP contribution in [-0.4, -0.2) is 52.7 Å². The van der Waals surface area contributed by atoms with Gasteiger partial charge < -0.3 is 25.4 Å². The lowest BCUT2D eigenvalue weighted by molar-refractivity contribution is -0.131. The molecule has 3 aromatic carbocycles. The Morgan fingerprint density at radius 3 is 2.50 bits per heavy atom. The van der Waals surface area contributed by atoms with Crippen LogP contribution in [-0.2, 0) is 16.1 Å². The Balaban J connectivity index is 1.42. The molecule has 38 heavy (non-hydrogen) atoms. The number of carboxylic acids is 1. The van der Waals surface area contributed by atoms with E-state index in [0.29, 0.717) is 28.4 Å². The molecule has 9 nitrogen and oxygen atoms in total. The van der Waals surface area contributed by atoms with Crippen LogP contribution >= 0.6 is 0 Å². The predicted molar refractivity (Wildman–Crippen MR) is 147 cm³/mol. The van der Waals surface area contributed by atoms with Crippen molar-refractivity contribution in [3.05, 3.63) is 77.4 Å². The number of nitrogen functional groups attached to an aromatic ring is 1. The van der Waals surface area contributed by atoms with Gasteiger partial charge in [-0.2, -0.15) is 0 Å². The number of benzene rings is 3. The SMILES string of the molecule is CC(=N)N1CCC(Oc2ccc3c(c2)C(=CC(=O)O)C(=O)N3Cc2ccc3ccc(C(=N)N)cc3c2)CC1. The molecule has 1 saturated heterocycles. The lowest BCUT2D eigenvalue weighted by Crippen LogP contribution is -2.40. The Hall–Kier alpha value is -4.66. The van der Waals surface area contributed by atoms with Gasteiger partial charge in [0, 0.05) is 43.1 Å². The summed E-state index contributed by atoms with van der Waals surface area (Å²) in [5, 5.41) is 26.8. The van der Waals surface area contributed by atoms with Gasteiger partial charge in [-0.1, -0.05) is 24.3 Å². The molecule has 0 unspecified atom stereocenters. The minimum atomic E-state index is -1.19. The monoisotopic (exact) mass is 511 g/mol. The molecule has 5 rings (SSSR count). The maximum Gasteiger partial charge on any atom is 0.329 e. The van der Waals surface area contributed by atoms with Crippen LogP contribution in [0.1, 0.15) is 36.5 Å². The van der Waals surface area contributed by atoms with Crippen LogP contribution in [0.2, 0.25) is 0 Å². The largest absolute Gasteiger partial charge is 0.490 e. The van der Waals surface area contributed by atoms with Crippen molar-refractivity contribution in [1.29, 1.82) is 10.8 Å². The highest BCUT2D eigenvalue weighted by molar-refractivity contribution is 6.34. The summed E-state index contributed by atoms with van der Waals surface area (Å²) in [7, 11) is 0. The first kappa shape index (κ1) is 25.0. The highest BCUT2D eigenvalue weighted by atomic mass is 16.5. The molecule has 0 spiro atoms. The minimum Gasteiger partial charge on any atom is -0.490 e. The van der Waals surface area contributed by atoms with Crippen molar-refractivity contribution in [1.82, 2.24) is 4.90 Å². The number of amidine groups is 2. The van der Waals surface area contributed by atoms with E-state index < -0.39 is 5.97 Å². The fourth-order valence-corrected chi connectivity index (χ4v) is 5.08. The van der Waals surface area contributed by atoms with Crippen LogP contribution in [0, 0.1) is 10.8 Å². The summed E-state index contributed by atoms with van der Waals surface area (Å²) in [6.07, 6.45) is 2.50. The number of hydrogen-bond donors (Lipinski definition) is 4. The second-order valence-electron chi connectivity index (χ2n) is 9.67. The van der Waals surface area contributed by atoms with E-state index in [4.69, 9.17) is 21.3 Å². The maximum absolute atomic E-state index is 13.4. The van der Waals surface area contributed by atoms with Crippen molar-refractivity contribution in [3.8, 4) is 5.75 Å². The first-order chi connectivity index (χ1) is 18.2. The van der Waals surface area contributed by atoms with Crippen LogP contribution < -0.4 is 15.4 Å². The Kier molecular flexibility index (Phi) is 6.59. The van der Waals surface area contributed by atoms with Gasteiger partial charge in [0.15, 0.2) is 0 Å². The molecule has 5 N–H and O–H groups in total. The van der Waals surface area contributed by atoms with E-state index in [1.807, 2.05) is 41.3 Å². The van der Waals surface area contributed by atoms with Crippen LogP contribution in [0.25, 0.3) is 16.3 Å². The number of nitrogens with two attached hydrogens (primary N) is 1. The van der Waals surface area contributed by atoms with E-state index in [1.54, 1.807) is 30.0 Å². The van der Waals surface area contributed by atoms with E-state index in [-0.39, 0.29) is 30.0 Å². The fraction of sp³-hybridized carbons (Fsp3) is 0.241. The maximum atomic E-state index is 13.4. The lowest BCUT2D eigenvalue weighted by Gasteiger charge is -2.32. The van der Waals surface area contributed by atoms with E-state index in [2.05, 4.69) is 0 Å². The van der Waals surface area contributed by atoms with Gasteiger partial charge >= 0.3 is 5.97 Å². The molecule has 194 valence electrons. The fourth-order valence-electron chi connectivity index (χ4n) is 5.08. The van der Waals surface area contributed by atoms with Gasteiger partial charge in [-0.05, 0) is 53.6 Å². The number of hydrogen-bond acceptors (Lipinski definition) is 5. The normalized spacial score (nSPS) is 16.7. The van der Waals surface area contributed by atoms with Gasteiger partial charge in [0.1, 0.15) is 17.7 Å². The summed E-state index contributed by atoms with van der Waals surface area (Å²) in [4.78, 5) is 28.6. The number of nitrogens with one attached hydrogen (secondary N) is 2. The number of likely N-dealkylation sites (tertiary alicyclic amines) is 1. The quantitative estimate of drug-likeness (QED) is 0.224. The molecule has 9 heteroatoms. The van der Waals surface area contributed by atoms with Gasteiger partial charge in [0.25, 0.3) is 5.91 Å². The van der Waals surface area contributed by atoms with Crippen molar-refractivity contribution in [2.24, 2.45) is 5.73 Å². The van der Waals surface area contributed by atoms with Crippen LogP contribution in [0.4, 0.5) is 5.69 Å². The second kappa shape index (κ2) is 10.0. The molecule has 2 aliphatic rings. The second-order valence-corrected chi connectivity index (χ2v) is 9.67. The highest BCUT2D eigenvalue weighted by Crippen LogP contribution is 2.40. The molecule has 0 aromatic heterocycles. The number of amides is 1. The Bertz CT molecular complexity index is 1500. The van der Waals surface area contributed by atoms with E-state index in [9.17, 15) is 14.7 Å². The first-order valence-corrected chi connectivity index (χ1v) is 12.4. The molecule has 2 heterocycles. The molecule has 1 amide bonds. The van der Waals surface area contributed by atoms with Gasteiger partial charge in [0.2, 0.25) is 0 Å². The zero-order valence-electron chi connectivity index (χ0n) is 21.0. The number of carbonyl (C=O) groups excluding carboxylic acids is 1. The minimum absolute atomic E-state index is 0.0127. The molecule has 0 radical (unpaired) electrons. The molecule has 1 fully saturated rings. The average Bonchev–Trinajstić information content (AvgIpc) is 3.13. The van der Waals surface area contributed by atoms with Crippen LogP contribution in [0.3, 0.4) is 0 Å². The van der Waals surface area contributed by atoms with Crippen molar-refractivity contribution in [3.63, 3.8) is 0 Å². The topological polar surface area (TPSA) is 144 Å². The van der Waals surface area contributed by atoms with Crippen molar-refractivity contribution in [2.45, 2.75) is 32.4 Å². The Morgan fingerprint density at radius 2 is 1.82 bits per heavy atom. The summed E-state index contributed by atoms with van der Waals surface area (Å²) in [5.41, 5.74) is 8.40. The summed E-state index contributed by atoms with van der Waals surface area (Å²) >= 11 is 0. The van der Waals surface area contributed by atoms with Crippen molar-refractivity contribution < 1.29 is 19.4 Å². The van der Waals surface area contributed by atoms with Gasteiger partial charge in [-0.25, -0.2) is 4.79 Å². The molecule has 2 aliphatic heterocycles. The number of piperidine rings is 1. The smallest absolute Gasteiger partial charge is 0.329 e. The predicted octanol–water partition coefficient (Wildman–Crippen LogP) is 3.98. The van der Waals surface area contributed by atoms with E-state index in [1.165, 1.54) is 0 Å². The third-order valence-corrected chi connectivity index (χ3v) is 7.07. The van der Waals surface area contributed by atoms with Crippen LogP contribution in [0.15, 0.2) is 60.7 Å². The Labute approximate surface area is 220 Å². The summed E-state index contributed by atoms with van der Waals surface area (Å²) in [5.74, 6) is -0.454. The van der Waals surface area contributed by atoms with Crippen LogP contribution in [0.5, 0.6) is 5.75 Å². The average molecular weight is 512 g/mol. The van der Waals surface area contributed by atoms with Gasteiger partial charge in [0.05, 0.1) is 23.6 Å². The first-order valence-electron chi connectivity index (χ1n) is 12.4. The standard InChI is InChI=1S/C29H29N5O4/c1-17(30)33-10-8-22(9-11-33)38-23-6-7-26-24(14-23)25(15-27(35)36)29(37)34(26)16-18-2-3-19-4-5-20(28(31)32)13-21(19)12-18/h2-7,12-15,22,30H,8-11,16H2,1H3,(H3,31,32)(H,35,36). The molecule has 0 atom stereocenters. The number of anilines is 1. The molecular formula is C29H29N5O4. The number of carbonyl (C=O) groups is 2. The molecule has 0 saturated carbocycles. The van der Waals surface area contributed by atoms with E-state index in [0.717, 1.165) is 48.3 Å². The summed E-state index contributed by atoms with van der Waals surface area (Å²) < 4.78 is 6.20. The zero-order chi connectivity index (χ0) is 27.0. The Morgan fingerprint density at radius 1 is 1.08 bits per heavy atom. The third kappa shape index (κ3) is 4.95. The molecule has 0 aliphatic carbocycles. The number of aliphatic carboxylic acids is 1. The zero-order valence-corrected chi connectivity index (χ0v) is 21.0. The summed E-state index contributed by atoms with van der Waals surface area (Å²) in [6.45, 7) is 3.54. The summed E-state index contributed by atoms with van der Waals surface area (Å²) in [6, 6.07) is 16.7. The number of carboxylic acid groups (broad SMARTS) is 1. The number of nitrogens with zero attached hydrogens (tertiary/aromatic N) is 2. The lowest BCUT2D eigenvalue weighted by atomic mass is 10.0. The molecular weight excluding hydrogens is 482 g/mol. The third-order valence-electron chi connectivity index (χ3n) is 7.07. The number of fused-ring (bicyclic) bond motifs is 2. The van der Waals surface area contributed by atoms with Crippen molar-refractivity contribution in [2.75, 3.05) is 18.0 Å². The molecule has 3 aromatic rings. The number of rotatable bonds is 6. The van der Waals surface area contributed by atoms with Crippen molar-refractivity contribution >= 4 is 45.6 Å². The van der Waals surface area contributed by atoms with E-state index >= 15 is 0 Å². The van der Waals surface area contributed by atoms with Gasteiger partial charge in [-0.3, -0.25) is 15.6 Å². The highest BCUT2D eigenvalue weighted by Gasteiger charge is 2.34. The molecule has 0 bridgehead atoms. The number of ether oxygens (including phenoxy) is 1. The van der Waals surface area contributed by atoms with Gasteiger partial charge in [-0.15, -0.1) is 0 Å².